The highest BCUT2D eigenvalue weighted by molar-refractivity contribution is 6.33. The zero-order chi connectivity index (χ0) is 17.8. The molecule has 5 nitrogen and oxygen atoms in total. The molecule has 1 saturated carbocycles. The number of Topliss-reactive ketones (excluding diaryl/α,β-unsaturated/α-hetero) is 1. The molecule has 0 N–H and O–H groups in total. The van der Waals surface area contributed by atoms with E-state index >= 15 is 0 Å². The monoisotopic (exact) mass is 362 g/mol. The SMILES string of the molecule is Cc1nc2ccc(C(=O)C3CC3)cc2n2c(-c3ccccc3Cl)nnc12. The van der Waals surface area contributed by atoms with Gasteiger partial charge in [0.15, 0.2) is 17.3 Å². The number of aromatic nitrogens is 4. The van der Waals surface area contributed by atoms with E-state index in [9.17, 15) is 4.79 Å². The number of hydrogen-bond donors (Lipinski definition) is 0. The molecule has 1 aliphatic rings. The van der Waals surface area contributed by atoms with Gasteiger partial charge >= 0.3 is 0 Å². The molecule has 0 radical (unpaired) electrons. The van der Waals surface area contributed by atoms with Crippen molar-refractivity contribution in [1.29, 1.82) is 0 Å². The Morgan fingerprint density at radius 1 is 1.15 bits per heavy atom. The first-order chi connectivity index (χ1) is 12.6. The lowest BCUT2D eigenvalue weighted by molar-refractivity contribution is 0.0968. The third-order valence-corrected chi connectivity index (χ3v) is 5.17. The zero-order valence-corrected chi connectivity index (χ0v) is 14.9. The molecule has 0 amide bonds. The van der Waals surface area contributed by atoms with E-state index in [0.717, 1.165) is 35.1 Å². The first-order valence-corrected chi connectivity index (χ1v) is 8.96. The Labute approximate surface area is 154 Å². The van der Waals surface area contributed by atoms with Crippen LogP contribution in [0.4, 0.5) is 0 Å². The summed E-state index contributed by atoms with van der Waals surface area (Å²) in [5.74, 6) is 1.02. The van der Waals surface area contributed by atoms with Crippen LogP contribution >= 0.6 is 11.6 Å². The number of hydrogen-bond acceptors (Lipinski definition) is 4. The van der Waals surface area contributed by atoms with Gasteiger partial charge in [0.1, 0.15) is 0 Å². The number of benzene rings is 2. The van der Waals surface area contributed by atoms with Gasteiger partial charge in [0, 0.05) is 17.0 Å². The maximum atomic E-state index is 12.5. The van der Waals surface area contributed by atoms with Crippen LogP contribution in [0.2, 0.25) is 5.02 Å². The Hall–Kier alpha value is -2.79. The molecule has 128 valence electrons. The van der Waals surface area contributed by atoms with Crippen molar-refractivity contribution < 1.29 is 4.79 Å². The minimum absolute atomic E-state index is 0.172. The number of aryl methyl sites for hydroxylation is 1. The largest absolute Gasteiger partial charge is 0.294 e. The molecule has 1 fully saturated rings. The number of rotatable bonds is 3. The molecule has 0 unspecified atom stereocenters. The lowest BCUT2D eigenvalue weighted by Gasteiger charge is -2.09. The minimum atomic E-state index is 0.172. The van der Waals surface area contributed by atoms with E-state index in [1.54, 1.807) is 0 Å². The predicted molar refractivity (Wildman–Crippen MR) is 101 cm³/mol. The molecule has 4 aromatic rings. The molecule has 1 aliphatic carbocycles. The van der Waals surface area contributed by atoms with Crippen molar-refractivity contribution in [1.82, 2.24) is 19.6 Å². The first kappa shape index (κ1) is 15.5. The van der Waals surface area contributed by atoms with Gasteiger partial charge in [-0.2, -0.15) is 0 Å². The van der Waals surface area contributed by atoms with E-state index in [1.165, 1.54) is 0 Å². The Bertz CT molecular complexity index is 1190. The average molecular weight is 363 g/mol. The molecular weight excluding hydrogens is 348 g/mol. The van der Waals surface area contributed by atoms with E-state index < -0.39 is 0 Å². The summed E-state index contributed by atoms with van der Waals surface area (Å²) in [6.45, 7) is 1.91. The molecular formula is C20H15ClN4O. The van der Waals surface area contributed by atoms with Gasteiger partial charge in [0.05, 0.1) is 21.7 Å². The fourth-order valence-electron chi connectivity index (χ4n) is 3.33. The number of carbonyl (C=O) groups is 1. The second-order valence-corrected chi connectivity index (χ2v) is 7.11. The minimum Gasteiger partial charge on any atom is -0.294 e. The number of nitrogens with zero attached hydrogens (tertiary/aromatic N) is 4. The smallest absolute Gasteiger partial charge is 0.183 e. The van der Waals surface area contributed by atoms with Crippen LogP contribution in [0, 0.1) is 12.8 Å². The molecule has 0 bridgehead atoms. The summed E-state index contributed by atoms with van der Waals surface area (Å²) in [6.07, 6.45) is 1.96. The highest BCUT2D eigenvalue weighted by atomic mass is 35.5. The fraction of sp³-hybridized carbons (Fsp3) is 0.200. The first-order valence-electron chi connectivity index (χ1n) is 8.58. The van der Waals surface area contributed by atoms with Gasteiger partial charge in [-0.1, -0.05) is 23.7 Å². The van der Waals surface area contributed by atoms with E-state index in [2.05, 4.69) is 15.2 Å². The van der Waals surface area contributed by atoms with Crippen molar-refractivity contribution in [2.75, 3.05) is 0 Å². The standard InChI is InChI=1S/C20H15ClN4O/c1-11-19-23-24-20(14-4-2-3-5-15(14)21)25(19)17-10-13(8-9-16(17)22-11)18(26)12-6-7-12/h2-5,8-10,12H,6-7H2,1H3. The molecule has 2 aromatic heterocycles. The molecule has 2 heterocycles. The molecule has 0 atom stereocenters. The average Bonchev–Trinajstić information content (AvgIpc) is 3.40. The molecule has 6 heteroatoms. The molecule has 0 saturated heterocycles. The van der Waals surface area contributed by atoms with Crippen LogP contribution in [-0.4, -0.2) is 25.4 Å². The molecule has 2 aromatic carbocycles. The van der Waals surface area contributed by atoms with Crippen LogP contribution in [0.1, 0.15) is 28.9 Å². The van der Waals surface area contributed by atoms with Crippen molar-refractivity contribution in [2.45, 2.75) is 19.8 Å². The van der Waals surface area contributed by atoms with Crippen molar-refractivity contribution in [3.05, 3.63) is 58.7 Å². The van der Waals surface area contributed by atoms with E-state index in [1.807, 2.05) is 53.8 Å². The molecule has 0 spiro atoms. The highest BCUT2D eigenvalue weighted by Gasteiger charge is 2.30. The van der Waals surface area contributed by atoms with Gasteiger partial charge in [-0.25, -0.2) is 4.98 Å². The van der Waals surface area contributed by atoms with Crippen LogP contribution in [0.25, 0.3) is 28.1 Å². The lowest BCUT2D eigenvalue weighted by atomic mass is 10.1. The second kappa shape index (κ2) is 5.61. The lowest BCUT2D eigenvalue weighted by Crippen LogP contribution is -2.03. The Morgan fingerprint density at radius 2 is 1.96 bits per heavy atom. The van der Waals surface area contributed by atoms with Gasteiger partial charge < -0.3 is 0 Å². The normalized spacial score (nSPS) is 14.2. The highest BCUT2D eigenvalue weighted by Crippen LogP contribution is 2.34. The third kappa shape index (κ3) is 2.31. The summed E-state index contributed by atoms with van der Waals surface area (Å²) in [5, 5.41) is 9.28. The van der Waals surface area contributed by atoms with Gasteiger partial charge in [-0.3, -0.25) is 9.20 Å². The fourth-order valence-corrected chi connectivity index (χ4v) is 3.55. The van der Waals surface area contributed by atoms with Crippen molar-refractivity contribution in [2.24, 2.45) is 5.92 Å². The van der Waals surface area contributed by atoms with Gasteiger partial charge in [-0.05, 0) is 50.1 Å². The van der Waals surface area contributed by atoms with Gasteiger partial charge in [0.25, 0.3) is 0 Å². The maximum Gasteiger partial charge on any atom is 0.183 e. The molecule has 5 rings (SSSR count). The third-order valence-electron chi connectivity index (χ3n) is 4.84. The predicted octanol–water partition coefficient (Wildman–Crippen LogP) is 4.50. The van der Waals surface area contributed by atoms with Crippen molar-refractivity contribution in [3.63, 3.8) is 0 Å². The van der Waals surface area contributed by atoms with E-state index in [4.69, 9.17) is 11.6 Å². The second-order valence-electron chi connectivity index (χ2n) is 6.70. The van der Waals surface area contributed by atoms with Crippen LogP contribution in [-0.2, 0) is 0 Å². The summed E-state index contributed by atoms with van der Waals surface area (Å²) in [5.41, 5.74) is 4.58. The van der Waals surface area contributed by atoms with Crippen molar-refractivity contribution in [3.8, 4) is 11.4 Å². The summed E-state index contributed by atoms with van der Waals surface area (Å²) in [7, 11) is 0. The Balaban J connectivity index is 1.84. The summed E-state index contributed by atoms with van der Waals surface area (Å²) in [6, 6.07) is 13.2. The van der Waals surface area contributed by atoms with Crippen LogP contribution in [0.5, 0.6) is 0 Å². The van der Waals surface area contributed by atoms with Crippen LogP contribution < -0.4 is 0 Å². The Morgan fingerprint density at radius 3 is 2.73 bits per heavy atom. The van der Waals surface area contributed by atoms with Crippen LogP contribution in [0.15, 0.2) is 42.5 Å². The van der Waals surface area contributed by atoms with E-state index in [0.29, 0.717) is 22.1 Å². The quantitative estimate of drug-likeness (QED) is 0.503. The number of fused-ring (bicyclic) bond motifs is 3. The number of halogens is 1. The summed E-state index contributed by atoms with van der Waals surface area (Å²) in [4.78, 5) is 17.1. The topological polar surface area (TPSA) is 60.2 Å². The van der Waals surface area contributed by atoms with E-state index in [-0.39, 0.29) is 11.7 Å². The zero-order valence-electron chi connectivity index (χ0n) is 14.1. The van der Waals surface area contributed by atoms with Crippen LogP contribution in [0.3, 0.4) is 0 Å². The number of ketones is 1. The summed E-state index contributed by atoms with van der Waals surface area (Å²) < 4.78 is 1.95. The Kier molecular flexibility index (Phi) is 3.34. The van der Waals surface area contributed by atoms with Gasteiger partial charge in [0.2, 0.25) is 0 Å². The maximum absolute atomic E-state index is 12.5. The van der Waals surface area contributed by atoms with Crippen molar-refractivity contribution >= 4 is 34.1 Å². The number of carbonyl (C=O) groups excluding carboxylic acids is 1. The summed E-state index contributed by atoms with van der Waals surface area (Å²) >= 11 is 6.39. The molecule has 26 heavy (non-hydrogen) atoms. The molecule has 0 aliphatic heterocycles. The van der Waals surface area contributed by atoms with Gasteiger partial charge in [-0.15, -0.1) is 10.2 Å².